The lowest BCUT2D eigenvalue weighted by molar-refractivity contribution is -0.116. The summed E-state index contributed by atoms with van der Waals surface area (Å²) in [6.07, 6.45) is 0.772. The summed E-state index contributed by atoms with van der Waals surface area (Å²) in [7, 11) is 0. The molecule has 4 rings (SSSR count). The van der Waals surface area contributed by atoms with E-state index in [0.717, 1.165) is 17.7 Å². The number of halogens is 1. The summed E-state index contributed by atoms with van der Waals surface area (Å²) in [5.41, 5.74) is 3.00. The van der Waals surface area contributed by atoms with Crippen LogP contribution >= 0.6 is 11.6 Å². The second kappa shape index (κ2) is 5.97. The first kappa shape index (κ1) is 15.8. The van der Waals surface area contributed by atoms with Gasteiger partial charge in [0.2, 0.25) is 12.7 Å². The standard InChI is InChI=1S/C18H15ClN2O4/c1-10(22)21-5-4-11-6-13(2-3-15(11)21)20-18(23)12-7-14(19)17-16(8-12)24-9-25-17/h2-3,6-8H,4-5,9H2,1H3,(H,20,23). The Kier molecular flexibility index (Phi) is 3.77. The monoisotopic (exact) mass is 358 g/mol. The summed E-state index contributed by atoms with van der Waals surface area (Å²) in [5.74, 6) is 0.649. The van der Waals surface area contributed by atoms with Crippen molar-refractivity contribution in [3.63, 3.8) is 0 Å². The van der Waals surface area contributed by atoms with Crippen LogP contribution in [0.3, 0.4) is 0 Å². The number of hydrogen-bond acceptors (Lipinski definition) is 4. The highest BCUT2D eigenvalue weighted by Gasteiger charge is 2.23. The number of nitrogens with one attached hydrogen (secondary N) is 1. The van der Waals surface area contributed by atoms with Crippen molar-refractivity contribution in [3.8, 4) is 11.5 Å². The van der Waals surface area contributed by atoms with Crippen molar-refractivity contribution >= 4 is 34.8 Å². The molecule has 0 atom stereocenters. The van der Waals surface area contributed by atoms with Crippen LogP contribution in [0.25, 0.3) is 0 Å². The fourth-order valence-electron chi connectivity index (χ4n) is 3.11. The van der Waals surface area contributed by atoms with E-state index in [1.165, 1.54) is 0 Å². The molecule has 0 aromatic heterocycles. The van der Waals surface area contributed by atoms with Gasteiger partial charge in [-0.05, 0) is 42.3 Å². The highest BCUT2D eigenvalue weighted by molar-refractivity contribution is 6.32. The summed E-state index contributed by atoms with van der Waals surface area (Å²) in [4.78, 5) is 25.8. The Morgan fingerprint density at radius 3 is 2.84 bits per heavy atom. The van der Waals surface area contributed by atoms with Crippen molar-refractivity contribution < 1.29 is 19.1 Å². The third-order valence-electron chi connectivity index (χ3n) is 4.30. The number of rotatable bonds is 2. The van der Waals surface area contributed by atoms with Crippen LogP contribution in [0.4, 0.5) is 11.4 Å². The van der Waals surface area contributed by atoms with Gasteiger partial charge in [0.15, 0.2) is 11.5 Å². The van der Waals surface area contributed by atoms with Crippen LogP contribution in [0.15, 0.2) is 30.3 Å². The van der Waals surface area contributed by atoms with Crippen LogP contribution in [0, 0.1) is 0 Å². The molecular weight excluding hydrogens is 344 g/mol. The summed E-state index contributed by atoms with van der Waals surface area (Å²) in [6, 6.07) is 8.69. The van der Waals surface area contributed by atoms with E-state index in [1.807, 2.05) is 12.1 Å². The first-order valence-electron chi connectivity index (χ1n) is 7.84. The zero-order valence-corrected chi connectivity index (χ0v) is 14.2. The molecule has 2 aliphatic heterocycles. The van der Waals surface area contributed by atoms with Gasteiger partial charge in [-0.25, -0.2) is 0 Å². The molecule has 0 fully saturated rings. The molecule has 0 radical (unpaired) electrons. The van der Waals surface area contributed by atoms with Crippen LogP contribution in [0.2, 0.25) is 5.02 Å². The van der Waals surface area contributed by atoms with Gasteiger partial charge in [0, 0.05) is 30.4 Å². The molecule has 2 heterocycles. The van der Waals surface area contributed by atoms with Gasteiger partial charge in [0.05, 0.1) is 5.02 Å². The minimum atomic E-state index is -0.290. The van der Waals surface area contributed by atoms with Gasteiger partial charge < -0.3 is 19.7 Å². The Bertz CT molecular complexity index is 897. The van der Waals surface area contributed by atoms with E-state index < -0.39 is 0 Å². The van der Waals surface area contributed by atoms with Gasteiger partial charge in [0.1, 0.15) is 0 Å². The van der Waals surface area contributed by atoms with Gasteiger partial charge in [-0.3, -0.25) is 9.59 Å². The second-order valence-corrected chi connectivity index (χ2v) is 6.32. The molecule has 128 valence electrons. The van der Waals surface area contributed by atoms with E-state index in [1.54, 1.807) is 30.0 Å². The first-order chi connectivity index (χ1) is 12.0. The van der Waals surface area contributed by atoms with Crippen molar-refractivity contribution in [1.82, 2.24) is 0 Å². The molecule has 0 aliphatic carbocycles. The minimum absolute atomic E-state index is 0.0190. The topological polar surface area (TPSA) is 67.9 Å². The highest BCUT2D eigenvalue weighted by Crippen LogP contribution is 2.40. The van der Waals surface area contributed by atoms with E-state index in [4.69, 9.17) is 21.1 Å². The predicted octanol–water partition coefficient (Wildman–Crippen LogP) is 3.23. The molecule has 0 saturated heterocycles. The van der Waals surface area contributed by atoms with Crippen molar-refractivity contribution in [1.29, 1.82) is 0 Å². The average molecular weight is 359 g/mol. The first-order valence-corrected chi connectivity index (χ1v) is 8.22. The van der Waals surface area contributed by atoms with Crippen LogP contribution in [-0.2, 0) is 11.2 Å². The van der Waals surface area contributed by atoms with Gasteiger partial charge in [-0.1, -0.05) is 11.6 Å². The van der Waals surface area contributed by atoms with E-state index in [0.29, 0.717) is 34.3 Å². The predicted molar refractivity (Wildman–Crippen MR) is 93.7 cm³/mol. The molecule has 7 heteroatoms. The van der Waals surface area contributed by atoms with Crippen molar-refractivity contribution in [2.75, 3.05) is 23.6 Å². The maximum atomic E-state index is 12.5. The van der Waals surface area contributed by atoms with E-state index in [2.05, 4.69) is 5.32 Å². The quantitative estimate of drug-likeness (QED) is 0.895. The molecular formula is C18H15ClN2O4. The van der Waals surface area contributed by atoms with E-state index >= 15 is 0 Å². The zero-order chi connectivity index (χ0) is 17.6. The Hall–Kier alpha value is -2.73. The van der Waals surface area contributed by atoms with E-state index in [-0.39, 0.29) is 18.6 Å². The Balaban J connectivity index is 1.56. The van der Waals surface area contributed by atoms with Gasteiger partial charge in [-0.15, -0.1) is 0 Å². The molecule has 2 aromatic rings. The highest BCUT2D eigenvalue weighted by atomic mass is 35.5. The number of carbonyl (C=O) groups excluding carboxylic acids is 2. The fraction of sp³-hybridized carbons (Fsp3) is 0.222. The SMILES string of the molecule is CC(=O)N1CCc2cc(NC(=O)c3cc(Cl)c4c(c3)OCO4)ccc21. The smallest absolute Gasteiger partial charge is 0.255 e. The number of carbonyl (C=O) groups is 2. The number of fused-ring (bicyclic) bond motifs is 2. The molecule has 0 bridgehead atoms. The summed E-state index contributed by atoms with van der Waals surface area (Å²) < 4.78 is 10.5. The number of hydrogen-bond donors (Lipinski definition) is 1. The number of ether oxygens (including phenoxy) is 2. The van der Waals surface area contributed by atoms with Crippen molar-refractivity contribution in [2.45, 2.75) is 13.3 Å². The summed E-state index contributed by atoms with van der Waals surface area (Å²) in [6.45, 7) is 2.31. The van der Waals surface area contributed by atoms with Crippen LogP contribution in [-0.4, -0.2) is 25.2 Å². The fourth-order valence-corrected chi connectivity index (χ4v) is 3.37. The van der Waals surface area contributed by atoms with Crippen molar-refractivity contribution in [2.24, 2.45) is 0 Å². The molecule has 0 spiro atoms. The number of amides is 2. The normalized spacial score (nSPS) is 14.4. The van der Waals surface area contributed by atoms with Crippen LogP contribution < -0.4 is 19.7 Å². The number of benzene rings is 2. The van der Waals surface area contributed by atoms with Gasteiger partial charge in [-0.2, -0.15) is 0 Å². The molecule has 0 unspecified atom stereocenters. The average Bonchev–Trinajstić information content (AvgIpc) is 3.20. The molecule has 2 aliphatic rings. The van der Waals surface area contributed by atoms with Gasteiger partial charge >= 0.3 is 0 Å². The molecule has 2 amide bonds. The maximum absolute atomic E-state index is 12.5. The molecule has 0 saturated carbocycles. The minimum Gasteiger partial charge on any atom is -0.454 e. The lowest BCUT2D eigenvalue weighted by atomic mass is 10.1. The third-order valence-corrected chi connectivity index (χ3v) is 4.58. The van der Waals surface area contributed by atoms with E-state index in [9.17, 15) is 9.59 Å². The van der Waals surface area contributed by atoms with Crippen LogP contribution in [0.1, 0.15) is 22.8 Å². The van der Waals surface area contributed by atoms with Crippen molar-refractivity contribution in [3.05, 3.63) is 46.5 Å². The molecule has 2 aromatic carbocycles. The molecule has 1 N–H and O–H groups in total. The molecule has 6 nitrogen and oxygen atoms in total. The lowest BCUT2D eigenvalue weighted by Crippen LogP contribution is -2.25. The largest absolute Gasteiger partial charge is 0.454 e. The summed E-state index contributed by atoms with van der Waals surface area (Å²) in [5, 5.41) is 3.19. The number of nitrogens with zero attached hydrogens (tertiary/aromatic N) is 1. The zero-order valence-electron chi connectivity index (χ0n) is 13.5. The molecule has 25 heavy (non-hydrogen) atoms. The maximum Gasteiger partial charge on any atom is 0.255 e. The Labute approximate surface area is 149 Å². The Morgan fingerprint density at radius 1 is 1.20 bits per heavy atom. The number of anilines is 2. The second-order valence-electron chi connectivity index (χ2n) is 5.91. The Morgan fingerprint density at radius 2 is 2.04 bits per heavy atom. The summed E-state index contributed by atoms with van der Waals surface area (Å²) >= 11 is 6.12. The lowest BCUT2D eigenvalue weighted by Gasteiger charge is -2.15. The van der Waals surface area contributed by atoms with Crippen LogP contribution in [0.5, 0.6) is 11.5 Å². The third kappa shape index (κ3) is 2.78. The van der Waals surface area contributed by atoms with Gasteiger partial charge in [0.25, 0.3) is 5.91 Å².